The molecule has 0 saturated heterocycles. The van der Waals surface area contributed by atoms with E-state index in [-0.39, 0.29) is 18.0 Å². The lowest BCUT2D eigenvalue weighted by atomic mass is 9.95. The molecule has 0 spiro atoms. The van der Waals surface area contributed by atoms with Crippen molar-refractivity contribution in [3.8, 4) is 0 Å². The molecule has 2 heteroatoms. The van der Waals surface area contributed by atoms with Crippen LogP contribution in [0.4, 0.5) is 0 Å². The Hall–Kier alpha value is -1.57. The van der Waals surface area contributed by atoms with Crippen molar-refractivity contribution in [3.05, 3.63) is 41.2 Å². The van der Waals surface area contributed by atoms with Crippen LogP contribution >= 0.6 is 0 Å². The summed E-state index contributed by atoms with van der Waals surface area (Å²) in [5.41, 5.74) is 1.52. The Kier molecular flexibility index (Phi) is 1.47. The van der Waals surface area contributed by atoms with E-state index >= 15 is 0 Å². The van der Waals surface area contributed by atoms with Crippen molar-refractivity contribution in [2.45, 2.75) is 6.42 Å². The molecule has 0 heterocycles. The summed E-state index contributed by atoms with van der Waals surface area (Å²) in [7, 11) is 0. The van der Waals surface area contributed by atoms with Gasteiger partial charge in [0.15, 0.2) is 5.78 Å². The molecular formula is C10H8O2. The highest BCUT2D eigenvalue weighted by molar-refractivity contribution is 6.03. The van der Waals surface area contributed by atoms with Crippen molar-refractivity contribution in [1.29, 1.82) is 0 Å². The first-order chi connectivity index (χ1) is 5.77. The van der Waals surface area contributed by atoms with Crippen LogP contribution in [0.5, 0.6) is 0 Å². The molecule has 0 unspecified atom stereocenters. The number of hydrogen-bond donors (Lipinski definition) is 1. The molecule has 1 N–H and O–H groups in total. The van der Waals surface area contributed by atoms with Crippen LogP contribution < -0.4 is 0 Å². The van der Waals surface area contributed by atoms with Gasteiger partial charge in [0.1, 0.15) is 5.76 Å². The SMILES string of the molecule is O=C1CC(O)=Cc2ccccc21. The van der Waals surface area contributed by atoms with Crippen molar-refractivity contribution in [3.63, 3.8) is 0 Å². The quantitative estimate of drug-likeness (QED) is 0.631. The topological polar surface area (TPSA) is 37.3 Å². The minimum absolute atomic E-state index is 0.00870. The van der Waals surface area contributed by atoms with Gasteiger partial charge in [-0.3, -0.25) is 4.79 Å². The van der Waals surface area contributed by atoms with Gasteiger partial charge in [-0.15, -0.1) is 0 Å². The Morgan fingerprint density at radius 3 is 2.83 bits per heavy atom. The number of carbonyl (C=O) groups excluding carboxylic acids is 1. The van der Waals surface area contributed by atoms with E-state index in [2.05, 4.69) is 0 Å². The number of aliphatic hydroxyl groups excluding tert-OH is 1. The summed E-state index contributed by atoms with van der Waals surface area (Å²) in [5.74, 6) is 0.143. The molecule has 0 radical (unpaired) electrons. The zero-order valence-electron chi connectivity index (χ0n) is 6.45. The van der Waals surface area contributed by atoms with Crippen LogP contribution in [0.1, 0.15) is 22.3 Å². The molecule has 2 rings (SSSR count). The number of rotatable bonds is 0. The van der Waals surface area contributed by atoms with E-state index in [9.17, 15) is 4.79 Å². The van der Waals surface area contributed by atoms with Crippen molar-refractivity contribution < 1.29 is 9.90 Å². The highest BCUT2D eigenvalue weighted by atomic mass is 16.3. The van der Waals surface area contributed by atoms with Crippen LogP contribution in [0, 0.1) is 0 Å². The van der Waals surface area contributed by atoms with Crippen molar-refractivity contribution in [1.82, 2.24) is 0 Å². The second kappa shape index (κ2) is 2.48. The third-order valence-electron chi connectivity index (χ3n) is 1.92. The molecule has 12 heavy (non-hydrogen) atoms. The van der Waals surface area contributed by atoms with Gasteiger partial charge in [-0.2, -0.15) is 0 Å². The van der Waals surface area contributed by atoms with E-state index in [0.717, 1.165) is 5.56 Å². The predicted octanol–water partition coefficient (Wildman–Crippen LogP) is 2.17. The fourth-order valence-electron chi connectivity index (χ4n) is 1.37. The van der Waals surface area contributed by atoms with Crippen LogP contribution in [0.15, 0.2) is 30.0 Å². The van der Waals surface area contributed by atoms with Crippen molar-refractivity contribution in [2.24, 2.45) is 0 Å². The van der Waals surface area contributed by atoms with E-state index < -0.39 is 0 Å². The molecule has 0 bridgehead atoms. The number of fused-ring (bicyclic) bond motifs is 1. The summed E-state index contributed by atoms with van der Waals surface area (Å²) in [6.07, 6.45) is 1.77. The zero-order valence-corrected chi connectivity index (χ0v) is 6.45. The number of aliphatic hydroxyl groups is 1. The van der Waals surface area contributed by atoms with E-state index in [1.807, 2.05) is 18.2 Å². The molecule has 0 fully saturated rings. The molecule has 1 aliphatic carbocycles. The molecule has 60 valence electrons. The predicted molar refractivity (Wildman–Crippen MR) is 46.0 cm³/mol. The molecule has 1 aliphatic rings. The number of benzene rings is 1. The molecule has 0 saturated carbocycles. The van der Waals surface area contributed by atoms with Gasteiger partial charge in [0.2, 0.25) is 0 Å². The highest BCUT2D eigenvalue weighted by Gasteiger charge is 2.16. The normalized spacial score (nSPS) is 15.3. The van der Waals surface area contributed by atoms with Crippen molar-refractivity contribution >= 4 is 11.9 Å². The highest BCUT2D eigenvalue weighted by Crippen LogP contribution is 2.21. The number of allylic oxidation sites excluding steroid dienone is 1. The van der Waals surface area contributed by atoms with E-state index in [1.165, 1.54) is 0 Å². The summed E-state index contributed by atoms with van der Waals surface area (Å²) < 4.78 is 0. The van der Waals surface area contributed by atoms with Crippen LogP contribution in [0.3, 0.4) is 0 Å². The summed E-state index contributed by atoms with van der Waals surface area (Å²) in [4.78, 5) is 11.3. The summed E-state index contributed by atoms with van der Waals surface area (Å²) in [6, 6.07) is 7.28. The second-order valence-corrected chi connectivity index (χ2v) is 2.82. The fourth-order valence-corrected chi connectivity index (χ4v) is 1.37. The fraction of sp³-hybridized carbons (Fsp3) is 0.100. The number of hydrogen-bond acceptors (Lipinski definition) is 2. The largest absolute Gasteiger partial charge is 0.512 e. The molecule has 1 aromatic carbocycles. The minimum atomic E-state index is -0.00870. The molecule has 0 aliphatic heterocycles. The van der Waals surface area contributed by atoms with Gasteiger partial charge in [-0.25, -0.2) is 0 Å². The van der Waals surface area contributed by atoms with E-state index in [0.29, 0.717) is 5.56 Å². The van der Waals surface area contributed by atoms with Gasteiger partial charge in [-0.05, 0) is 11.6 Å². The maximum Gasteiger partial charge on any atom is 0.170 e. The summed E-state index contributed by atoms with van der Waals surface area (Å²) in [5, 5.41) is 9.17. The second-order valence-electron chi connectivity index (χ2n) is 2.82. The van der Waals surface area contributed by atoms with Crippen molar-refractivity contribution in [2.75, 3.05) is 0 Å². The maximum atomic E-state index is 11.3. The van der Waals surface area contributed by atoms with Gasteiger partial charge < -0.3 is 5.11 Å². The standard InChI is InChI=1S/C10H8O2/c11-8-5-7-3-1-2-4-9(7)10(12)6-8/h1-5,11H,6H2. The van der Waals surface area contributed by atoms with Crippen LogP contribution in [0.2, 0.25) is 0 Å². The molecule has 0 aromatic heterocycles. The molecular weight excluding hydrogens is 152 g/mol. The molecule has 1 aromatic rings. The van der Waals surface area contributed by atoms with Crippen LogP contribution in [0.25, 0.3) is 6.08 Å². The van der Waals surface area contributed by atoms with Gasteiger partial charge >= 0.3 is 0 Å². The monoisotopic (exact) mass is 160 g/mol. The molecule has 0 amide bonds. The number of ketones is 1. The number of Topliss-reactive ketones (excluding diaryl/α,β-unsaturated/α-hetero) is 1. The Morgan fingerprint density at radius 1 is 1.25 bits per heavy atom. The Bertz CT molecular complexity index is 364. The first kappa shape index (κ1) is 7.10. The molecule has 0 atom stereocenters. The summed E-state index contributed by atoms with van der Waals surface area (Å²) >= 11 is 0. The van der Waals surface area contributed by atoms with E-state index in [4.69, 9.17) is 5.11 Å². The van der Waals surface area contributed by atoms with Crippen LogP contribution in [-0.2, 0) is 0 Å². The third kappa shape index (κ3) is 1.01. The van der Waals surface area contributed by atoms with Gasteiger partial charge in [0.05, 0.1) is 6.42 Å². The smallest absolute Gasteiger partial charge is 0.170 e. The van der Waals surface area contributed by atoms with E-state index in [1.54, 1.807) is 12.1 Å². The number of carbonyl (C=O) groups is 1. The Balaban J connectivity index is 2.62. The average molecular weight is 160 g/mol. The maximum absolute atomic E-state index is 11.3. The average Bonchev–Trinajstić information content (AvgIpc) is 2.04. The van der Waals surface area contributed by atoms with Crippen LogP contribution in [-0.4, -0.2) is 10.9 Å². The Morgan fingerprint density at radius 2 is 2.00 bits per heavy atom. The first-order valence-corrected chi connectivity index (χ1v) is 3.79. The lowest BCUT2D eigenvalue weighted by molar-refractivity contribution is 0.0978. The lowest BCUT2D eigenvalue weighted by Crippen LogP contribution is -2.07. The minimum Gasteiger partial charge on any atom is -0.512 e. The molecule has 2 nitrogen and oxygen atoms in total. The first-order valence-electron chi connectivity index (χ1n) is 3.79. The third-order valence-corrected chi connectivity index (χ3v) is 1.92. The zero-order chi connectivity index (χ0) is 8.55. The lowest BCUT2D eigenvalue weighted by Gasteiger charge is -2.10. The summed E-state index contributed by atoms with van der Waals surface area (Å²) in [6.45, 7) is 0. The van der Waals surface area contributed by atoms with Gasteiger partial charge in [0, 0.05) is 5.56 Å². The van der Waals surface area contributed by atoms with Gasteiger partial charge in [-0.1, -0.05) is 24.3 Å². The van der Waals surface area contributed by atoms with Gasteiger partial charge in [0.25, 0.3) is 0 Å². The Labute approximate surface area is 70.2 Å².